The van der Waals surface area contributed by atoms with E-state index in [1.807, 2.05) is 19.0 Å². The Bertz CT molecular complexity index is 580. The Morgan fingerprint density at radius 1 is 1.45 bits per heavy atom. The van der Waals surface area contributed by atoms with Crippen LogP contribution in [0.5, 0.6) is 0 Å². The van der Waals surface area contributed by atoms with Crippen molar-refractivity contribution in [3.63, 3.8) is 0 Å². The van der Waals surface area contributed by atoms with Gasteiger partial charge in [0.2, 0.25) is 5.88 Å². The number of nitrogen functional groups attached to an aromatic ring is 1. The van der Waals surface area contributed by atoms with Crippen LogP contribution in [0.4, 0.5) is 5.88 Å². The van der Waals surface area contributed by atoms with Crippen molar-refractivity contribution in [3.8, 4) is 11.4 Å². The van der Waals surface area contributed by atoms with Gasteiger partial charge in [0.25, 0.3) is 5.91 Å². The van der Waals surface area contributed by atoms with Gasteiger partial charge in [0.1, 0.15) is 11.3 Å². The Morgan fingerprint density at radius 2 is 2.25 bits per heavy atom. The van der Waals surface area contributed by atoms with E-state index in [0.29, 0.717) is 17.9 Å². The second-order valence-corrected chi connectivity index (χ2v) is 4.54. The second-order valence-electron chi connectivity index (χ2n) is 4.54. The molecule has 0 atom stereocenters. The van der Waals surface area contributed by atoms with Crippen LogP contribution >= 0.6 is 0 Å². The van der Waals surface area contributed by atoms with E-state index >= 15 is 0 Å². The van der Waals surface area contributed by atoms with Gasteiger partial charge < -0.3 is 20.5 Å². The molecule has 0 saturated carbocycles. The highest BCUT2D eigenvalue weighted by atomic mass is 16.5. The Labute approximate surface area is 116 Å². The molecule has 1 amide bonds. The minimum absolute atomic E-state index is 0.00648. The van der Waals surface area contributed by atoms with Gasteiger partial charge in [-0.3, -0.25) is 9.78 Å². The molecular formula is C13H17N5O2. The van der Waals surface area contributed by atoms with Crippen molar-refractivity contribution in [3.05, 3.63) is 30.0 Å². The van der Waals surface area contributed by atoms with Crippen molar-refractivity contribution in [2.45, 2.75) is 0 Å². The SMILES string of the molecule is CN(C)CCNC(=O)c1c(-c2ccccn2)noc1N. The molecule has 0 saturated heterocycles. The fourth-order valence-corrected chi connectivity index (χ4v) is 1.68. The van der Waals surface area contributed by atoms with Crippen LogP contribution in [0.25, 0.3) is 11.4 Å². The molecule has 0 spiro atoms. The minimum atomic E-state index is -0.314. The van der Waals surface area contributed by atoms with Crippen molar-refractivity contribution in [1.82, 2.24) is 20.4 Å². The summed E-state index contributed by atoms with van der Waals surface area (Å²) in [4.78, 5) is 18.3. The van der Waals surface area contributed by atoms with Gasteiger partial charge in [0.15, 0.2) is 0 Å². The van der Waals surface area contributed by atoms with Gasteiger partial charge in [0, 0.05) is 19.3 Å². The number of nitrogens with zero attached hydrogens (tertiary/aromatic N) is 3. The maximum absolute atomic E-state index is 12.2. The molecule has 2 aromatic heterocycles. The van der Waals surface area contributed by atoms with Crippen LogP contribution < -0.4 is 11.1 Å². The highest BCUT2D eigenvalue weighted by Gasteiger charge is 2.22. The number of likely N-dealkylation sites (N-methyl/N-ethyl adjacent to an activating group) is 1. The van der Waals surface area contributed by atoms with Crippen LogP contribution in [0.1, 0.15) is 10.4 Å². The number of nitrogens with two attached hydrogens (primary N) is 1. The zero-order chi connectivity index (χ0) is 14.5. The number of anilines is 1. The number of nitrogens with one attached hydrogen (secondary N) is 1. The molecule has 2 aromatic rings. The van der Waals surface area contributed by atoms with E-state index in [1.165, 1.54) is 0 Å². The first-order valence-electron chi connectivity index (χ1n) is 6.19. The van der Waals surface area contributed by atoms with Crippen molar-refractivity contribution >= 4 is 11.8 Å². The fraction of sp³-hybridized carbons (Fsp3) is 0.308. The monoisotopic (exact) mass is 275 g/mol. The Hall–Kier alpha value is -2.41. The van der Waals surface area contributed by atoms with E-state index in [2.05, 4.69) is 15.5 Å². The van der Waals surface area contributed by atoms with E-state index in [-0.39, 0.29) is 17.4 Å². The zero-order valence-corrected chi connectivity index (χ0v) is 11.5. The van der Waals surface area contributed by atoms with Gasteiger partial charge in [-0.05, 0) is 26.2 Å². The first-order valence-corrected chi connectivity index (χ1v) is 6.19. The van der Waals surface area contributed by atoms with E-state index in [1.54, 1.807) is 24.4 Å². The number of aromatic nitrogens is 2. The predicted octanol–water partition coefficient (Wildman–Crippen LogP) is 0.610. The van der Waals surface area contributed by atoms with Crippen LogP contribution in [0.15, 0.2) is 28.9 Å². The molecule has 0 fully saturated rings. The molecule has 106 valence electrons. The maximum Gasteiger partial charge on any atom is 0.259 e. The molecule has 0 radical (unpaired) electrons. The summed E-state index contributed by atoms with van der Waals surface area (Å²) in [6.45, 7) is 1.24. The highest BCUT2D eigenvalue weighted by molar-refractivity contribution is 6.03. The Balaban J connectivity index is 2.19. The zero-order valence-electron chi connectivity index (χ0n) is 11.5. The second kappa shape index (κ2) is 6.16. The van der Waals surface area contributed by atoms with Crippen molar-refractivity contribution in [2.24, 2.45) is 0 Å². The van der Waals surface area contributed by atoms with Crippen LogP contribution in [0, 0.1) is 0 Å². The van der Waals surface area contributed by atoms with Gasteiger partial charge in [0.05, 0.1) is 5.69 Å². The molecule has 0 aliphatic rings. The average molecular weight is 275 g/mol. The predicted molar refractivity (Wildman–Crippen MR) is 75.0 cm³/mol. The van der Waals surface area contributed by atoms with Crippen LogP contribution in [-0.4, -0.2) is 48.1 Å². The molecular weight excluding hydrogens is 258 g/mol. The molecule has 0 unspecified atom stereocenters. The largest absolute Gasteiger partial charge is 0.367 e. The first kappa shape index (κ1) is 14.0. The molecule has 7 heteroatoms. The molecule has 0 aromatic carbocycles. The lowest BCUT2D eigenvalue weighted by Gasteiger charge is -2.10. The van der Waals surface area contributed by atoms with E-state index in [9.17, 15) is 4.79 Å². The van der Waals surface area contributed by atoms with Gasteiger partial charge in [-0.2, -0.15) is 0 Å². The fourth-order valence-electron chi connectivity index (χ4n) is 1.68. The van der Waals surface area contributed by atoms with Crippen LogP contribution in [0.3, 0.4) is 0 Å². The van der Waals surface area contributed by atoms with Crippen molar-refractivity contribution in [1.29, 1.82) is 0 Å². The number of amides is 1. The number of hydrogen-bond acceptors (Lipinski definition) is 6. The van der Waals surface area contributed by atoms with E-state index < -0.39 is 0 Å². The lowest BCUT2D eigenvalue weighted by Crippen LogP contribution is -2.31. The van der Waals surface area contributed by atoms with Crippen LogP contribution in [0.2, 0.25) is 0 Å². The Morgan fingerprint density at radius 3 is 2.90 bits per heavy atom. The van der Waals surface area contributed by atoms with Gasteiger partial charge in [-0.15, -0.1) is 0 Å². The number of pyridine rings is 1. The summed E-state index contributed by atoms with van der Waals surface area (Å²) in [5.41, 5.74) is 6.81. The van der Waals surface area contributed by atoms with Gasteiger partial charge in [-0.1, -0.05) is 11.2 Å². The molecule has 7 nitrogen and oxygen atoms in total. The maximum atomic E-state index is 12.2. The molecule has 20 heavy (non-hydrogen) atoms. The van der Waals surface area contributed by atoms with E-state index in [4.69, 9.17) is 10.3 Å². The van der Waals surface area contributed by atoms with Crippen molar-refractivity contribution < 1.29 is 9.32 Å². The molecule has 3 N–H and O–H groups in total. The number of carbonyl (C=O) groups excluding carboxylic acids is 1. The quantitative estimate of drug-likeness (QED) is 0.829. The number of carbonyl (C=O) groups is 1. The standard InChI is InChI=1S/C13H17N5O2/c1-18(2)8-7-16-13(19)10-11(17-20-12(10)14)9-5-3-4-6-15-9/h3-6H,7-8,14H2,1-2H3,(H,16,19). The highest BCUT2D eigenvalue weighted by Crippen LogP contribution is 2.25. The molecule has 0 aliphatic heterocycles. The third kappa shape index (κ3) is 3.12. The molecule has 0 aliphatic carbocycles. The average Bonchev–Trinajstić information content (AvgIpc) is 2.81. The summed E-state index contributed by atoms with van der Waals surface area (Å²) >= 11 is 0. The summed E-state index contributed by atoms with van der Waals surface area (Å²) < 4.78 is 4.92. The van der Waals surface area contributed by atoms with Crippen LogP contribution in [-0.2, 0) is 0 Å². The summed E-state index contributed by atoms with van der Waals surface area (Å²) in [5, 5.41) is 6.60. The van der Waals surface area contributed by atoms with Crippen molar-refractivity contribution in [2.75, 3.05) is 32.9 Å². The summed E-state index contributed by atoms with van der Waals surface area (Å²) in [6, 6.07) is 5.33. The first-order chi connectivity index (χ1) is 9.59. The summed E-state index contributed by atoms with van der Waals surface area (Å²) in [6.07, 6.45) is 1.62. The lowest BCUT2D eigenvalue weighted by molar-refractivity contribution is 0.0952. The molecule has 2 rings (SSSR count). The topological polar surface area (TPSA) is 97.3 Å². The van der Waals surface area contributed by atoms with Gasteiger partial charge >= 0.3 is 0 Å². The summed E-state index contributed by atoms with van der Waals surface area (Å²) in [5.74, 6) is -0.320. The number of rotatable bonds is 5. The minimum Gasteiger partial charge on any atom is -0.367 e. The summed E-state index contributed by atoms with van der Waals surface area (Å²) in [7, 11) is 3.86. The Kier molecular flexibility index (Phi) is 4.31. The molecule has 0 bridgehead atoms. The lowest BCUT2D eigenvalue weighted by atomic mass is 10.1. The third-order valence-electron chi connectivity index (χ3n) is 2.70. The smallest absolute Gasteiger partial charge is 0.259 e. The third-order valence-corrected chi connectivity index (χ3v) is 2.70. The normalized spacial score (nSPS) is 10.8. The van der Waals surface area contributed by atoms with Gasteiger partial charge in [-0.25, -0.2) is 0 Å². The van der Waals surface area contributed by atoms with E-state index in [0.717, 1.165) is 6.54 Å². The number of hydrogen-bond donors (Lipinski definition) is 2. The molecule has 2 heterocycles.